The van der Waals surface area contributed by atoms with Crippen LogP contribution in [0.15, 0.2) is 12.2 Å². The highest BCUT2D eigenvalue weighted by molar-refractivity contribution is 4.95. The molecular weight excluding hydrogens is 132 g/mol. The van der Waals surface area contributed by atoms with Crippen molar-refractivity contribution in [3.05, 3.63) is 12.2 Å². The fraction of sp³-hybridized carbons (Fsp3) is 0.818. The highest BCUT2D eigenvalue weighted by Crippen LogP contribution is 2.20. The average molecular weight is 154 g/mol. The summed E-state index contributed by atoms with van der Waals surface area (Å²) < 4.78 is 0. The van der Waals surface area contributed by atoms with Gasteiger partial charge in [-0.2, -0.15) is 0 Å². The Bertz CT molecular complexity index is 92.2. The molecule has 0 aliphatic heterocycles. The van der Waals surface area contributed by atoms with Gasteiger partial charge in [0.1, 0.15) is 0 Å². The lowest BCUT2D eigenvalue weighted by molar-refractivity contribution is 0.569. The predicted octanol–water partition coefficient (Wildman–Crippen LogP) is 4.17. The summed E-state index contributed by atoms with van der Waals surface area (Å²) in [7, 11) is 0. The van der Waals surface area contributed by atoms with Crippen molar-refractivity contribution in [3.8, 4) is 0 Å². The smallest absolute Gasteiger partial charge is 0.0231 e. The van der Waals surface area contributed by atoms with Crippen LogP contribution < -0.4 is 0 Å². The van der Waals surface area contributed by atoms with Crippen LogP contribution in [0.4, 0.5) is 0 Å². The Labute approximate surface area is 71.7 Å². The first-order chi connectivity index (χ1) is 5.35. The molecule has 11 heavy (non-hydrogen) atoms. The molecule has 0 saturated heterocycles. The number of hydrogen-bond donors (Lipinski definition) is 0. The molecule has 66 valence electrons. The third kappa shape index (κ3) is 6.15. The Morgan fingerprint density at radius 3 is 2.27 bits per heavy atom. The van der Waals surface area contributed by atoms with Crippen molar-refractivity contribution < 1.29 is 0 Å². The van der Waals surface area contributed by atoms with Gasteiger partial charge in [0.25, 0.3) is 0 Å². The van der Waals surface area contributed by atoms with Gasteiger partial charge in [0.2, 0.25) is 0 Å². The monoisotopic (exact) mass is 154 g/mol. The lowest BCUT2D eigenvalue weighted by atomic mass is 10.0. The Kier molecular flexibility index (Phi) is 7.66. The SMILES string of the molecule is CCC.CCCC1C=CCC1. The minimum atomic E-state index is 0.931. The minimum absolute atomic E-state index is 0.931. The second-order valence-corrected chi connectivity index (χ2v) is 3.26. The van der Waals surface area contributed by atoms with Crippen molar-refractivity contribution >= 4 is 0 Å². The van der Waals surface area contributed by atoms with Gasteiger partial charge in [0.05, 0.1) is 0 Å². The lowest BCUT2D eigenvalue weighted by Gasteiger charge is -2.01. The zero-order valence-corrected chi connectivity index (χ0v) is 8.27. The molecule has 0 aromatic heterocycles. The van der Waals surface area contributed by atoms with E-state index in [9.17, 15) is 0 Å². The van der Waals surface area contributed by atoms with Crippen molar-refractivity contribution in [3.63, 3.8) is 0 Å². The Morgan fingerprint density at radius 1 is 1.27 bits per heavy atom. The van der Waals surface area contributed by atoms with Crippen molar-refractivity contribution in [2.24, 2.45) is 5.92 Å². The molecule has 0 bridgehead atoms. The van der Waals surface area contributed by atoms with Gasteiger partial charge in [-0.3, -0.25) is 0 Å². The molecule has 0 amide bonds. The molecule has 0 aromatic rings. The molecule has 0 heteroatoms. The van der Waals surface area contributed by atoms with Crippen molar-refractivity contribution in [1.82, 2.24) is 0 Å². The standard InChI is InChI=1S/C8H14.C3H8/c1-2-5-8-6-3-4-7-8;1-3-2/h3,6,8H,2,4-5,7H2,1H3;3H2,1-2H3. The van der Waals surface area contributed by atoms with Gasteiger partial charge < -0.3 is 0 Å². The summed E-state index contributed by atoms with van der Waals surface area (Å²) >= 11 is 0. The van der Waals surface area contributed by atoms with Crippen LogP contribution in [0.1, 0.15) is 52.9 Å². The van der Waals surface area contributed by atoms with Gasteiger partial charge in [-0.1, -0.05) is 45.8 Å². The van der Waals surface area contributed by atoms with Crippen LogP contribution in [0.3, 0.4) is 0 Å². The number of allylic oxidation sites excluding steroid dienone is 2. The first kappa shape index (κ1) is 10.7. The number of rotatable bonds is 2. The number of hydrogen-bond acceptors (Lipinski definition) is 0. The maximum absolute atomic E-state index is 2.36. The Morgan fingerprint density at radius 2 is 1.91 bits per heavy atom. The molecule has 0 radical (unpaired) electrons. The summed E-state index contributed by atoms with van der Waals surface area (Å²) in [4.78, 5) is 0. The molecule has 0 saturated carbocycles. The summed E-state index contributed by atoms with van der Waals surface area (Å²) in [6.45, 7) is 6.51. The van der Waals surface area contributed by atoms with Crippen LogP contribution in [0.2, 0.25) is 0 Å². The van der Waals surface area contributed by atoms with Crippen molar-refractivity contribution in [2.75, 3.05) is 0 Å². The van der Waals surface area contributed by atoms with Crippen molar-refractivity contribution in [2.45, 2.75) is 52.9 Å². The van der Waals surface area contributed by atoms with E-state index in [0.717, 1.165) is 5.92 Å². The van der Waals surface area contributed by atoms with E-state index in [4.69, 9.17) is 0 Å². The third-order valence-electron chi connectivity index (χ3n) is 1.77. The molecule has 1 rings (SSSR count). The fourth-order valence-electron chi connectivity index (χ4n) is 1.31. The molecule has 0 spiro atoms. The normalized spacial score (nSPS) is 21.2. The summed E-state index contributed by atoms with van der Waals surface area (Å²) in [5.41, 5.74) is 0. The van der Waals surface area contributed by atoms with Gasteiger partial charge in [-0.25, -0.2) is 0 Å². The highest BCUT2D eigenvalue weighted by Gasteiger charge is 2.05. The molecular formula is C11H22. The fourth-order valence-corrected chi connectivity index (χ4v) is 1.31. The minimum Gasteiger partial charge on any atom is -0.0882 e. The first-order valence-electron chi connectivity index (χ1n) is 5.01. The van der Waals surface area contributed by atoms with E-state index >= 15 is 0 Å². The molecule has 1 unspecified atom stereocenters. The molecule has 0 N–H and O–H groups in total. The average Bonchev–Trinajstić information content (AvgIpc) is 2.42. The van der Waals surface area contributed by atoms with Gasteiger partial charge in [0.15, 0.2) is 0 Å². The third-order valence-corrected chi connectivity index (χ3v) is 1.77. The molecule has 1 aliphatic carbocycles. The predicted molar refractivity (Wildman–Crippen MR) is 52.7 cm³/mol. The van der Waals surface area contributed by atoms with Crippen molar-refractivity contribution in [1.29, 1.82) is 0 Å². The topological polar surface area (TPSA) is 0 Å². The molecule has 1 aliphatic rings. The van der Waals surface area contributed by atoms with E-state index in [2.05, 4.69) is 32.9 Å². The Hall–Kier alpha value is -0.260. The zero-order chi connectivity index (χ0) is 8.53. The van der Waals surface area contributed by atoms with Gasteiger partial charge in [0, 0.05) is 0 Å². The highest BCUT2D eigenvalue weighted by atomic mass is 14.1. The first-order valence-corrected chi connectivity index (χ1v) is 5.01. The summed E-state index contributed by atoms with van der Waals surface area (Å²) in [5.74, 6) is 0.931. The molecule has 0 nitrogen and oxygen atoms in total. The molecule has 0 heterocycles. The second kappa shape index (κ2) is 7.84. The largest absolute Gasteiger partial charge is 0.0882 e. The zero-order valence-electron chi connectivity index (χ0n) is 8.27. The van der Waals surface area contributed by atoms with Crippen LogP contribution >= 0.6 is 0 Å². The maximum Gasteiger partial charge on any atom is -0.0231 e. The summed E-state index contributed by atoms with van der Waals surface area (Å²) in [5, 5.41) is 0. The Balaban J connectivity index is 0.000000292. The maximum atomic E-state index is 2.36. The van der Waals surface area contributed by atoms with Gasteiger partial charge in [-0.05, 0) is 25.2 Å². The van der Waals surface area contributed by atoms with E-state index in [0.29, 0.717) is 0 Å². The van der Waals surface area contributed by atoms with E-state index in [1.54, 1.807) is 0 Å². The van der Waals surface area contributed by atoms with E-state index in [1.807, 2.05) is 0 Å². The van der Waals surface area contributed by atoms with Crippen LogP contribution in [0, 0.1) is 5.92 Å². The van der Waals surface area contributed by atoms with Crippen LogP contribution in [-0.4, -0.2) is 0 Å². The van der Waals surface area contributed by atoms with Gasteiger partial charge in [-0.15, -0.1) is 0 Å². The van der Waals surface area contributed by atoms with Gasteiger partial charge >= 0.3 is 0 Å². The van der Waals surface area contributed by atoms with Crippen LogP contribution in [0.5, 0.6) is 0 Å². The molecule has 0 aromatic carbocycles. The summed E-state index contributed by atoms with van der Waals surface area (Å²) in [6, 6.07) is 0. The summed E-state index contributed by atoms with van der Waals surface area (Å²) in [6.07, 6.45) is 11.4. The lowest BCUT2D eigenvalue weighted by Crippen LogP contribution is -1.88. The molecule has 1 atom stereocenters. The second-order valence-electron chi connectivity index (χ2n) is 3.26. The van der Waals surface area contributed by atoms with E-state index in [1.165, 1.54) is 32.1 Å². The van der Waals surface area contributed by atoms with E-state index < -0.39 is 0 Å². The van der Waals surface area contributed by atoms with Crippen LogP contribution in [-0.2, 0) is 0 Å². The quantitative estimate of drug-likeness (QED) is 0.524. The van der Waals surface area contributed by atoms with Crippen LogP contribution in [0.25, 0.3) is 0 Å². The van der Waals surface area contributed by atoms with E-state index in [-0.39, 0.29) is 0 Å². The molecule has 0 fully saturated rings.